The van der Waals surface area contributed by atoms with Crippen molar-refractivity contribution >= 4 is 74.0 Å². The van der Waals surface area contributed by atoms with E-state index in [0.29, 0.717) is 27.5 Å². The number of nitrogens with zero attached hydrogens (tertiary/aromatic N) is 2. The summed E-state index contributed by atoms with van der Waals surface area (Å²) in [5.41, 5.74) is 3.69. The van der Waals surface area contributed by atoms with Gasteiger partial charge in [-0.05, 0) is 74.2 Å². The van der Waals surface area contributed by atoms with E-state index in [9.17, 15) is 14.4 Å². The summed E-state index contributed by atoms with van der Waals surface area (Å²) in [6, 6.07) is 17.8. The van der Waals surface area contributed by atoms with Crippen LogP contribution in [0.4, 0.5) is 11.4 Å². The first-order valence-corrected chi connectivity index (χ1v) is 14.8. The van der Waals surface area contributed by atoms with Crippen LogP contribution in [0, 0.1) is 6.92 Å². The Morgan fingerprint density at radius 1 is 0.974 bits per heavy atom. The Balaban J connectivity index is 1.24. The maximum Gasteiger partial charge on any atom is 0.256 e. The molecule has 2 N–H and O–H groups in total. The van der Waals surface area contributed by atoms with Crippen LogP contribution in [0.25, 0.3) is 10.2 Å². The molecule has 1 aliphatic heterocycles. The van der Waals surface area contributed by atoms with Crippen molar-refractivity contribution in [2.45, 2.75) is 30.5 Å². The number of hydrogen-bond donors (Lipinski definition) is 2. The van der Waals surface area contributed by atoms with Gasteiger partial charge < -0.3 is 15.5 Å². The third-order valence-corrected chi connectivity index (χ3v) is 9.11. The average Bonchev–Trinajstić information content (AvgIpc) is 3.37. The monoisotopic (exact) mass is 578 g/mol. The smallest absolute Gasteiger partial charge is 0.256 e. The SMILES string of the molecule is Cc1c(Cl)cccc1NC(=O)CSc1nc2ccc(NC(=O)c3ccccc3C(=O)N3CCCCC3)cc2s1. The van der Waals surface area contributed by atoms with Crippen LogP contribution in [0.5, 0.6) is 0 Å². The molecule has 3 aromatic carbocycles. The van der Waals surface area contributed by atoms with Crippen molar-refractivity contribution in [3.63, 3.8) is 0 Å². The number of hydrogen-bond acceptors (Lipinski definition) is 6. The molecule has 39 heavy (non-hydrogen) atoms. The minimum atomic E-state index is -0.331. The highest BCUT2D eigenvalue weighted by molar-refractivity contribution is 8.01. The summed E-state index contributed by atoms with van der Waals surface area (Å²) >= 11 is 8.95. The van der Waals surface area contributed by atoms with Crippen LogP contribution in [0.3, 0.4) is 0 Å². The van der Waals surface area contributed by atoms with Crippen LogP contribution in [0.15, 0.2) is 65.0 Å². The number of amides is 3. The fourth-order valence-electron chi connectivity index (χ4n) is 4.43. The number of likely N-dealkylation sites (tertiary alicyclic amines) is 1. The van der Waals surface area contributed by atoms with Gasteiger partial charge in [0.15, 0.2) is 4.34 Å². The molecule has 0 unspecified atom stereocenters. The van der Waals surface area contributed by atoms with Gasteiger partial charge in [-0.2, -0.15) is 0 Å². The zero-order valence-electron chi connectivity index (χ0n) is 21.3. The van der Waals surface area contributed by atoms with Gasteiger partial charge in [-0.25, -0.2) is 4.98 Å². The van der Waals surface area contributed by atoms with Crippen molar-refractivity contribution in [2.24, 2.45) is 0 Å². The molecule has 200 valence electrons. The highest BCUT2D eigenvalue weighted by atomic mass is 35.5. The Kier molecular flexibility index (Phi) is 8.50. The Labute approximate surface area is 240 Å². The molecule has 7 nitrogen and oxygen atoms in total. The number of piperidine rings is 1. The lowest BCUT2D eigenvalue weighted by Crippen LogP contribution is -2.36. The molecule has 10 heteroatoms. The summed E-state index contributed by atoms with van der Waals surface area (Å²) in [6.45, 7) is 3.30. The molecule has 0 aliphatic carbocycles. The van der Waals surface area contributed by atoms with E-state index in [0.717, 1.165) is 52.5 Å². The zero-order valence-corrected chi connectivity index (χ0v) is 23.7. The molecular formula is C29H27ClN4O3S2. The Morgan fingerprint density at radius 3 is 2.54 bits per heavy atom. The summed E-state index contributed by atoms with van der Waals surface area (Å²) in [6.07, 6.45) is 3.10. The van der Waals surface area contributed by atoms with E-state index >= 15 is 0 Å². The van der Waals surface area contributed by atoms with E-state index in [4.69, 9.17) is 11.6 Å². The van der Waals surface area contributed by atoms with Gasteiger partial charge in [0.1, 0.15) is 0 Å². The molecule has 0 atom stereocenters. The average molecular weight is 579 g/mol. The molecule has 3 amide bonds. The number of thioether (sulfide) groups is 1. The van der Waals surface area contributed by atoms with Crippen LogP contribution in [-0.4, -0.2) is 46.4 Å². The van der Waals surface area contributed by atoms with Crippen molar-refractivity contribution in [1.29, 1.82) is 0 Å². The summed E-state index contributed by atoms with van der Waals surface area (Å²) in [7, 11) is 0. The Hall–Kier alpha value is -3.40. The molecule has 1 aliphatic rings. The predicted molar refractivity (Wildman–Crippen MR) is 159 cm³/mol. The number of anilines is 2. The van der Waals surface area contributed by atoms with E-state index in [-0.39, 0.29) is 23.5 Å². The molecule has 1 saturated heterocycles. The standard InChI is InChI=1S/C29H27ClN4O3S2/c1-18-22(30)10-7-11-23(18)32-26(35)17-38-29-33-24-13-12-19(16-25(24)39-29)31-27(36)20-8-3-4-9-21(20)28(37)34-14-5-2-6-15-34/h3-4,7-13,16H,2,5-6,14-15,17H2,1H3,(H,31,36)(H,32,35). The fraction of sp³-hybridized carbons (Fsp3) is 0.241. The van der Waals surface area contributed by atoms with Gasteiger partial charge >= 0.3 is 0 Å². The first-order valence-electron chi connectivity index (χ1n) is 12.7. The van der Waals surface area contributed by atoms with E-state index < -0.39 is 0 Å². The van der Waals surface area contributed by atoms with Gasteiger partial charge in [0.25, 0.3) is 11.8 Å². The lowest BCUT2D eigenvalue weighted by atomic mass is 10.0. The summed E-state index contributed by atoms with van der Waals surface area (Å²) in [5.74, 6) is -0.371. The summed E-state index contributed by atoms with van der Waals surface area (Å²) in [4.78, 5) is 45.2. The Morgan fingerprint density at radius 2 is 1.74 bits per heavy atom. The lowest BCUT2D eigenvalue weighted by molar-refractivity contribution is -0.113. The molecule has 2 heterocycles. The summed E-state index contributed by atoms with van der Waals surface area (Å²) in [5, 5.41) is 6.43. The van der Waals surface area contributed by atoms with E-state index in [1.807, 2.05) is 30.0 Å². The normalized spacial score (nSPS) is 13.3. The van der Waals surface area contributed by atoms with Crippen molar-refractivity contribution in [2.75, 3.05) is 29.5 Å². The van der Waals surface area contributed by atoms with Crippen molar-refractivity contribution < 1.29 is 14.4 Å². The maximum atomic E-state index is 13.2. The van der Waals surface area contributed by atoms with Gasteiger partial charge in [-0.15, -0.1) is 11.3 Å². The van der Waals surface area contributed by atoms with Gasteiger partial charge in [0, 0.05) is 29.5 Å². The van der Waals surface area contributed by atoms with Crippen molar-refractivity contribution in [1.82, 2.24) is 9.88 Å². The third-order valence-electron chi connectivity index (χ3n) is 6.54. The van der Waals surface area contributed by atoms with Gasteiger partial charge in [-0.3, -0.25) is 14.4 Å². The highest BCUT2D eigenvalue weighted by Gasteiger charge is 2.23. The number of nitrogens with one attached hydrogen (secondary N) is 2. The van der Waals surface area contributed by atoms with Gasteiger partial charge in [0.2, 0.25) is 5.91 Å². The van der Waals surface area contributed by atoms with E-state index in [1.54, 1.807) is 42.5 Å². The van der Waals surface area contributed by atoms with E-state index in [1.165, 1.54) is 23.1 Å². The van der Waals surface area contributed by atoms with Crippen LogP contribution < -0.4 is 10.6 Å². The molecular weight excluding hydrogens is 552 g/mol. The number of thiazole rings is 1. The molecule has 0 radical (unpaired) electrons. The summed E-state index contributed by atoms with van der Waals surface area (Å²) < 4.78 is 1.64. The molecule has 0 spiro atoms. The van der Waals surface area contributed by atoms with Gasteiger partial charge in [-0.1, -0.05) is 41.6 Å². The number of fused-ring (bicyclic) bond motifs is 1. The fourth-order valence-corrected chi connectivity index (χ4v) is 6.52. The number of carbonyl (C=O) groups is 3. The molecule has 1 aromatic heterocycles. The maximum absolute atomic E-state index is 13.2. The number of halogens is 1. The number of carbonyl (C=O) groups excluding carboxylic acids is 3. The second kappa shape index (κ2) is 12.2. The first-order chi connectivity index (χ1) is 18.9. The molecule has 0 saturated carbocycles. The minimum Gasteiger partial charge on any atom is -0.339 e. The molecule has 1 fully saturated rings. The number of benzene rings is 3. The first kappa shape index (κ1) is 27.2. The number of aromatic nitrogens is 1. The van der Waals surface area contributed by atoms with Crippen molar-refractivity contribution in [3.05, 3.63) is 82.4 Å². The van der Waals surface area contributed by atoms with Gasteiger partial charge in [0.05, 0.1) is 27.1 Å². The zero-order chi connectivity index (χ0) is 27.4. The van der Waals surface area contributed by atoms with Crippen LogP contribution in [0.2, 0.25) is 5.02 Å². The number of rotatable bonds is 7. The third kappa shape index (κ3) is 6.43. The van der Waals surface area contributed by atoms with E-state index in [2.05, 4.69) is 15.6 Å². The molecule has 5 rings (SSSR count). The highest BCUT2D eigenvalue weighted by Crippen LogP contribution is 2.32. The quantitative estimate of drug-likeness (QED) is 0.234. The molecule has 0 bridgehead atoms. The largest absolute Gasteiger partial charge is 0.339 e. The predicted octanol–water partition coefficient (Wildman–Crippen LogP) is 6.87. The molecule has 4 aromatic rings. The second-order valence-electron chi connectivity index (χ2n) is 9.26. The van der Waals surface area contributed by atoms with Crippen LogP contribution >= 0.6 is 34.7 Å². The van der Waals surface area contributed by atoms with Crippen LogP contribution in [0.1, 0.15) is 45.5 Å². The van der Waals surface area contributed by atoms with Crippen molar-refractivity contribution in [3.8, 4) is 0 Å². The Bertz CT molecular complexity index is 1550. The topological polar surface area (TPSA) is 91.4 Å². The lowest BCUT2D eigenvalue weighted by Gasteiger charge is -2.27. The second-order valence-corrected chi connectivity index (χ2v) is 11.9. The minimum absolute atomic E-state index is 0.102. The van der Waals surface area contributed by atoms with Crippen LogP contribution in [-0.2, 0) is 4.79 Å².